The van der Waals surface area contributed by atoms with Gasteiger partial charge in [0.2, 0.25) is 0 Å². The fourth-order valence-corrected chi connectivity index (χ4v) is 4.21. The van der Waals surface area contributed by atoms with Crippen LogP contribution in [0.25, 0.3) is 10.2 Å². The van der Waals surface area contributed by atoms with Gasteiger partial charge in [-0.3, -0.25) is 19.7 Å². The summed E-state index contributed by atoms with van der Waals surface area (Å²) in [6.07, 6.45) is 0. The summed E-state index contributed by atoms with van der Waals surface area (Å²) < 4.78 is 7.84. The van der Waals surface area contributed by atoms with Gasteiger partial charge in [-0.15, -0.1) is 0 Å². The summed E-state index contributed by atoms with van der Waals surface area (Å²) in [7, 11) is 0. The number of carbonyl (C=O) groups excluding carboxylic acids is 2. The van der Waals surface area contributed by atoms with Gasteiger partial charge in [0.15, 0.2) is 4.80 Å². The Kier molecular flexibility index (Phi) is 6.19. The predicted molar refractivity (Wildman–Crippen MR) is 112 cm³/mol. The molecule has 144 valence electrons. The van der Waals surface area contributed by atoms with E-state index < -0.39 is 16.8 Å². The molecule has 3 rings (SSSR count). The largest absolute Gasteiger partial charge is 0.465 e. The maximum atomic E-state index is 12.6. The second kappa shape index (κ2) is 8.61. The van der Waals surface area contributed by atoms with Crippen LogP contribution in [-0.4, -0.2) is 28.0 Å². The van der Waals surface area contributed by atoms with Gasteiger partial charge in [0.25, 0.3) is 11.6 Å². The van der Waals surface area contributed by atoms with Gasteiger partial charge in [-0.1, -0.05) is 23.5 Å². The first kappa shape index (κ1) is 20.1. The molecule has 0 aliphatic heterocycles. The lowest BCUT2D eigenvalue weighted by Gasteiger charge is -2.05. The molecule has 0 unspecified atom stereocenters. The summed E-state index contributed by atoms with van der Waals surface area (Å²) >= 11 is 3.16. The lowest BCUT2D eigenvalue weighted by atomic mass is 10.2. The van der Waals surface area contributed by atoms with E-state index in [1.165, 1.54) is 16.7 Å². The van der Waals surface area contributed by atoms with E-state index in [4.69, 9.17) is 4.74 Å². The number of hydrogen-bond acceptors (Lipinski definition) is 6. The number of amides is 1. The highest BCUT2D eigenvalue weighted by Crippen LogP contribution is 2.23. The van der Waals surface area contributed by atoms with Crippen molar-refractivity contribution in [3.05, 3.63) is 66.5 Å². The van der Waals surface area contributed by atoms with Crippen LogP contribution in [0.2, 0.25) is 0 Å². The van der Waals surface area contributed by atoms with Crippen LogP contribution in [0.5, 0.6) is 0 Å². The summed E-state index contributed by atoms with van der Waals surface area (Å²) in [4.78, 5) is 39.7. The Morgan fingerprint density at radius 2 is 2.04 bits per heavy atom. The lowest BCUT2D eigenvalue weighted by Crippen LogP contribution is -2.23. The number of halogens is 1. The number of esters is 1. The zero-order valence-corrected chi connectivity index (χ0v) is 17.6. The van der Waals surface area contributed by atoms with Crippen LogP contribution in [0.4, 0.5) is 5.69 Å². The lowest BCUT2D eigenvalue weighted by molar-refractivity contribution is -0.384. The number of rotatable bonds is 5. The predicted octanol–water partition coefficient (Wildman–Crippen LogP) is 3.52. The molecule has 0 spiro atoms. The number of carbonyl (C=O) groups is 2. The number of nitro benzene ring substituents is 1. The highest BCUT2D eigenvalue weighted by atomic mass is 127. The average molecular weight is 511 g/mol. The SMILES string of the molecule is CCOC(=O)Cn1c(=NC(=O)c2ccccc2I)sc2cc([N+](=O)[O-])ccc21. The number of benzene rings is 2. The zero-order chi connectivity index (χ0) is 20.3. The van der Waals surface area contributed by atoms with Crippen LogP contribution < -0.4 is 4.80 Å². The van der Waals surface area contributed by atoms with E-state index in [-0.39, 0.29) is 23.6 Å². The van der Waals surface area contributed by atoms with Gasteiger partial charge in [0.1, 0.15) is 6.54 Å². The highest BCUT2D eigenvalue weighted by Gasteiger charge is 2.16. The zero-order valence-electron chi connectivity index (χ0n) is 14.6. The number of hydrogen-bond donors (Lipinski definition) is 0. The van der Waals surface area contributed by atoms with E-state index >= 15 is 0 Å². The van der Waals surface area contributed by atoms with Crippen molar-refractivity contribution in [1.82, 2.24) is 4.57 Å². The van der Waals surface area contributed by atoms with Crippen molar-refractivity contribution in [2.75, 3.05) is 6.61 Å². The average Bonchev–Trinajstić information content (AvgIpc) is 2.98. The monoisotopic (exact) mass is 511 g/mol. The molecule has 28 heavy (non-hydrogen) atoms. The van der Waals surface area contributed by atoms with Crippen molar-refractivity contribution in [3.63, 3.8) is 0 Å². The molecule has 0 saturated carbocycles. The molecule has 0 bridgehead atoms. The molecule has 0 radical (unpaired) electrons. The minimum atomic E-state index is -0.497. The molecule has 0 saturated heterocycles. The molecule has 10 heteroatoms. The van der Waals surface area contributed by atoms with E-state index in [1.54, 1.807) is 31.2 Å². The molecular weight excluding hydrogens is 497 g/mol. The molecule has 8 nitrogen and oxygen atoms in total. The number of aromatic nitrogens is 1. The van der Waals surface area contributed by atoms with E-state index in [0.717, 1.165) is 14.9 Å². The normalized spacial score (nSPS) is 11.6. The first-order valence-corrected chi connectivity index (χ1v) is 10.1. The second-order valence-electron chi connectivity index (χ2n) is 5.58. The Labute approximate surface area is 176 Å². The Balaban J connectivity index is 2.16. The van der Waals surface area contributed by atoms with Gasteiger partial charge in [-0.25, -0.2) is 0 Å². The molecule has 0 aliphatic rings. The van der Waals surface area contributed by atoms with Crippen LogP contribution in [0.1, 0.15) is 17.3 Å². The molecule has 1 heterocycles. The molecule has 1 aromatic heterocycles. The van der Waals surface area contributed by atoms with Crippen molar-refractivity contribution >= 4 is 61.7 Å². The van der Waals surface area contributed by atoms with Crippen molar-refractivity contribution in [2.45, 2.75) is 13.5 Å². The molecule has 0 aliphatic carbocycles. The van der Waals surface area contributed by atoms with Crippen molar-refractivity contribution in [1.29, 1.82) is 0 Å². The molecule has 1 amide bonds. The highest BCUT2D eigenvalue weighted by molar-refractivity contribution is 14.1. The number of thiazole rings is 1. The minimum absolute atomic E-state index is 0.0764. The first-order chi connectivity index (χ1) is 13.4. The van der Waals surface area contributed by atoms with Gasteiger partial charge in [0, 0.05) is 15.7 Å². The minimum Gasteiger partial charge on any atom is -0.465 e. The van der Waals surface area contributed by atoms with Gasteiger partial charge in [0.05, 0.1) is 27.3 Å². The van der Waals surface area contributed by atoms with E-state index in [0.29, 0.717) is 15.8 Å². The van der Waals surface area contributed by atoms with Gasteiger partial charge in [-0.2, -0.15) is 4.99 Å². The number of nitro groups is 1. The van der Waals surface area contributed by atoms with Crippen LogP contribution in [0, 0.1) is 13.7 Å². The Morgan fingerprint density at radius 1 is 1.29 bits per heavy atom. The maximum absolute atomic E-state index is 12.6. The topological polar surface area (TPSA) is 104 Å². The number of fused-ring (bicyclic) bond motifs is 1. The van der Waals surface area contributed by atoms with E-state index in [2.05, 4.69) is 27.6 Å². The molecule has 3 aromatic rings. The second-order valence-corrected chi connectivity index (χ2v) is 7.75. The van der Waals surface area contributed by atoms with Crippen LogP contribution >= 0.6 is 33.9 Å². The smallest absolute Gasteiger partial charge is 0.326 e. The molecule has 0 fully saturated rings. The fourth-order valence-electron chi connectivity index (χ4n) is 2.53. The van der Waals surface area contributed by atoms with Crippen LogP contribution in [0.15, 0.2) is 47.5 Å². The van der Waals surface area contributed by atoms with E-state index in [9.17, 15) is 19.7 Å². The third-order valence-electron chi connectivity index (χ3n) is 3.77. The number of ether oxygens (including phenoxy) is 1. The van der Waals surface area contributed by atoms with E-state index in [1.807, 2.05) is 6.07 Å². The van der Waals surface area contributed by atoms with Gasteiger partial charge >= 0.3 is 5.97 Å². The fraction of sp³-hybridized carbons (Fsp3) is 0.167. The van der Waals surface area contributed by atoms with Gasteiger partial charge < -0.3 is 9.30 Å². The molecule has 0 N–H and O–H groups in total. The summed E-state index contributed by atoms with van der Waals surface area (Å²) in [6.45, 7) is 1.77. The van der Waals surface area contributed by atoms with Gasteiger partial charge in [-0.05, 0) is 47.7 Å². The molecular formula is C18H14IN3O5S. The number of non-ortho nitro benzene ring substituents is 1. The third-order valence-corrected chi connectivity index (χ3v) is 5.75. The summed E-state index contributed by atoms with van der Waals surface area (Å²) in [5.74, 6) is -0.938. The van der Waals surface area contributed by atoms with Crippen molar-refractivity contribution in [3.8, 4) is 0 Å². The Bertz CT molecular complexity index is 1150. The first-order valence-electron chi connectivity index (χ1n) is 8.17. The quantitative estimate of drug-likeness (QED) is 0.226. The summed E-state index contributed by atoms with van der Waals surface area (Å²) in [5, 5.41) is 11.1. The van der Waals surface area contributed by atoms with Crippen LogP contribution in [0.3, 0.4) is 0 Å². The van der Waals surface area contributed by atoms with Crippen LogP contribution in [-0.2, 0) is 16.1 Å². The molecule has 0 atom stereocenters. The Morgan fingerprint density at radius 3 is 2.71 bits per heavy atom. The third kappa shape index (κ3) is 4.28. The Hall–Kier alpha value is -2.60. The maximum Gasteiger partial charge on any atom is 0.326 e. The standard InChI is InChI=1S/C18H14IN3O5S/c1-2-27-16(23)10-21-14-8-7-11(22(25)26)9-15(14)28-18(21)20-17(24)12-5-3-4-6-13(12)19/h3-9H,2,10H2,1H3. The summed E-state index contributed by atoms with van der Waals surface area (Å²) in [6, 6.07) is 11.3. The molecule has 2 aromatic carbocycles. The van der Waals surface area contributed by atoms with Crippen molar-refractivity contribution < 1.29 is 19.2 Å². The van der Waals surface area contributed by atoms with Crippen molar-refractivity contribution in [2.24, 2.45) is 4.99 Å². The summed E-state index contributed by atoms with van der Waals surface area (Å²) in [5.41, 5.74) is 0.930. The number of nitrogens with zero attached hydrogens (tertiary/aromatic N) is 3.